The minimum absolute atomic E-state index is 0.744. The number of halogens is 1. The average molecular weight is 293 g/mol. The fourth-order valence-corrected chi connectivity index (χ4v) is 2.51. The zero-order valence-corrected chi connectivity index (χ0v) is 13.0. The van der Waals surface area contributed by atoms with E-state index in [1.165, 1.54) is 0 Å². The summed E-state index contributed by atoms with van der Waals surface area (Å²) in [5.41, 5.74) is 9.59. The van der Waals surface area contributed by atoms with Crippen molar-refractivity contribution in [3.63, 3.8) is 0 Å². The second kappa shape index (κ2) is 6.18. The molecule has 0 aliphatic carbocycles. The molecule has 1 heterocycles. The minimum Gasteiger partial charge on any atom is -0.399 e. The van der Waals surface area contributed by atoms with Gasteiger partial charge in [0.2, 0.25) is 0 Å². The molecule has 108 valence electrons. The van der Waals surface area contributed by atoms with Crippen molar-refractivity contribution in [3.05, 3.63) is 40.7 Å². The highest BCUT2D eigenvalue weighted by molar-refractivity contribution is 6.31. The first-order valence-electron chi connectivity index (χ1n) is 6.81. The molecule has 0 fully saturated rings. The van der Waals surface area contributed by atoms with Crippen LogP contribution in [-0.4, -0.2) is 16.3 Å². The van der Waals surface area contributed by atoms with E-state index >= 15 is 0 Å². The lowest BCUT2D eigenvalue weighted by molar-refractivity contribution is 0.670. The maximum Gasteiger partial charge on any atom is 0.0865 e. The first-order valence-corrected chi connectivity index (χ1v) is 7.19. The van der Waals surface area contributed by atoms with E-state index in [0.717, 1.165) is 47.3 Å². The van der Waals surface area contributed by atoms with E-state index in [0.29, 0.717) is 0 Å². The van der Waals surface area contributed by atoms with Gasteiger partial charge in [0.25, 0.3) is 0 Å². The lowest BCUT2D eigenvalue weighted by atomic mass is 10.2. The van der Waals surface area contributed by atoms with E-state index in [-0.39, 0.29) is 0 Å². The van der Waals surface area contributed by atoms with E-state index < -0.39 is 0 Å². The highest BCUT2D eigenvalue weighted by Crippen LogP contribution is 2.24. The van der Waals surface area contributed by atoms with Crippen molar-refractivity contribution in [1.82, 2.24) is 9.78 Å². The van der Waals surface area contributed by atoms with Crippen LogP contribution >= 0.6 is 11.6 Å². The zero-order chi connectivity index (χ0) is 14.7. The highest BCUT2D eigenvalue weighted by Gasteiger charge is 2.15. The van der Waals surface area contributed by atoms with Crippen molar-refractivity contribution >= 4 is 23.0 Å². The smallest absolute Gasteiger partial charge is 0.0865 e. The van der Waals surface area contributed by atoms with Gasteiger partial charge in [-0.2, -0.15) is 5.10 Å². The molecule has 1 aromatic heterocycles. The monoisotopic (exact) mass is 292 g/mol. The molecule has 20 heavy (non-hydrogen) atoms. The van der Waals surface area contributed by atoms with Crippen molar-refractivity contribution in [2.24, 2.45) is 7.05 Å². The number of nitrogens with two attached hydrogens (primary N) is 1. The van der Waals surface area contributed by atoms with Crippen molar-refractivity contribution in [2.45, 2.75) is 26.8 Å². The molecule has 0 saturated carbocycles. The average Bonchev–Trinajstić information content (AvgIpc) is 2.65. The summed E-state index contributed by atoms with van der Waals surface area (Å²) in [6.45, 7) is 5.80. The molecular formula is C15H21ClN4. The molecule has 0 spiro atoms. The molecule has 1 aromatic carbocycles. The van der Waals surface area contributed by atoms with Crippen molar-refractivity contribution < 1.29 is 0 Å². The SMILES string of the molecule is CCCN(Cc1c(Cl)c(C)nn1C)c1ccc(N)cc1. The first kappa shape index (κ1) is 14.7. The Bertz CT molecular complexity index is 574. The maximum absolute atomic E-state index is 6.34. The maximum atomic E-state index is 6.34. The molecule has 5 heteroatoms. The van der Waals surface area contributed by atoms with Crippen LogP contribution in [0.15, 0.2) is 24.3 Å². The molecule has 0 radical (unpaired) electrons. The van der Waals surface area contributed by atoms with E-state index in [9.17, 15) is 0 Å². The van der Waals surface area contributed by atoms with E-state index in [2.05, 4.69) is 16.9 Å². The topological polar surface area (TPSA) is 47.1 Å². The summed E-state index contributed by atoms with van der Waals surface area (Å²) < 4.78 is 1.86. The molecule has 0 amide bonds. The van der Waals surface area contributed by atoms with Gasteiger partial charge in [0, 0.05) is 25.0 Å². The lowest BCUT2D eigenvalue weighted by Gasteiger charge is -2.24. The van der Waals surface area contributed by atoms with E-state index in [1.54, 1.807) is 0 Å². The summed E-state index contributed by atoms with van der Waals surface area (Å²) in [7, 11) is 1.93. The largest absolute Gasteiger partial charge is 0.399 e. The summed E-state index contributed by atoms with van der Waals surface area (Å²) in [5, 5.41) is 5.12. The highest BCUT2D eigenvalue weighted by atomic mass is 35.5. The van der Waals surface area contributed by atoms with Gasteiger partial charge in [-0.05, 0) is 37.6 Å². The number of hydrogen-bond donors (Lipinski definition) is 1. The summed E-state index contributed by atoms with van der Waals surface area (Å²) in [5.74, 6) is 0. The van der Waals surface area contributed by atoms with Gasteiger partial charge in [0.1, 0.15) is 0 Å². The van der Waals surface area contributed by atoms with E-state index in [4.69, 9.17) is 17.3 Å². The van der Waals surface area contributed by atoms with Gasteiger partial charge in [-0.25, -0.2) is 0 Å². The van der Waals surface area contributed by atoms with Crippen LogP contribution in [0.5, 0.6) is 0 Å². The van der Waals surface area contributed by atoms with Gasteiger partial charge in [0.05, 0.1) is 23.0 Å². The first-order chi connectivity index (χ1) is 9.52. The number of anilines is 2. The van der Waals surface area contributed by atoms with E-state index in [1.807, 2.05) is 42.9 Å². The Kier molecular flexibility index (Phi) is 4.55. The molecular weight excluding hydrogens is 272 g/mol. The van der Waals surface area contributed by atoms with Crippen LogP contribution in [0.25, 0.3) is 0 Å². The fraction of sp³-hybridized carbons (Fsp3) is 0.400. The van der Waals surface area contributed by atoms with Crippen molar-refractivity contribution in [2.75, 3.05) is 17.2 Å². The van der Waals surface area contributed by atoms with Crippen molar-refractivity contribution in [1.29, 1.82) is 0 Å². The Labute approximate surface area is 125 Å². The molecule has 2 rings (SSSR count). The third-order valence-electron chi connectivity index (χ3n) is 3.35. The lowest BCUT2D eigenvalue weighted by Crippen LogP contribution is -2.25. The summed E-state index contributed by atoms with van der Waals surface area (Å²) in [6, 6.07) is 7.94. The van der Waals surface area contributed by atoms with Crippen LogP contribution < -0.4 is 10.6 Å². The Balaban J connectivity index is 2.27. The summed E-state index contributed by atoms with van der Waals surface area (Å²) in [6.07, 6.45) is 1.07. The van der Waals surface area contributed by atoms with Gasteiger partial charge in [-0.1, -0.05) is 18.5 Å². The fourth-order valence-electron chi connectivity index (χ4n) is 2.29. The predicted molar refractivity (Wildman–Crippen MR) is 85.2 cm³/mol. The molecule has 0 aliphatic heterocycles. The molecule has 0 aliphatic rings. The zero-order valence-electron chi connectivity index (χ0n) is 12.2. The van der Waals surface area contributed by atoms with Crippen LogP contribution in [0.2, 0.25) is 5.02 Å². The van der Waals surface area contributed by atoms with Crippen molar-refractivity contribution in [3.8, 4) is 0 Å². The van der Waals surface area contributed by atoms with Gasteiger partial charge in [0.15, 0.2) is 0 Å². The number of nitrogen functional groups attached to an aromatic ring is 1. The Morgan fingerprint density at radius 3 is 2.45 bits per heavy atom. The number of nitrogens with zero attached hydrogens (tertiary/aromatic N) is 3. The van der Waals surface area contributed by atoms with Crippen LogP contribution in [-0.2, 0) is 13.6 Å². The van der Waals surface area contributed by atoms with Gasteiger partial charge < -0.3 is 10.6 Å². The van der Waals surface area contributed by atoms with Gasteiger partial charge in [-0.3, -0.25) is 4.68 Å². The third kappa shape index (κ3) is 3.07. The molecule has 2 aromatic rings. The summed E-state index contributed by atoms with van der Waals surface area (Å²) in [4.78, 5) is 2.29. The second-order valence-corrected chi connectivity index (χ2v) is 5.36. The standard InChI is InChI=1S/C15H21ClN4/c1-4-9-20(13-7-5-12(17)6-8-13)10-14-15(16)11(2)18-19(14)3/h5-8H,4,9-10,17H2,1-3H3. The Morgan fingerprint density at radius 1 is 1.30 bits per heavy atom. The van der Waals surface area contributed by atoms with Gasteiger partial charge >= 0.3 is 0 Å². The van der Waals surface area contributed by atoms with Crippen LogP contribution in [0.4, 0.5) is 11.4 Å². The Morgan fingerprint density at radius 2 is 1.95 bits per heavy atom. The molecule has 2 N–H and O–H groups in total. The van der Waals surface area contributed by atoms with Crippen LogP contribution in [0.1, 0.15) is 24.7 Å². The quantitative estimate of drug-likeness (QED) is 0.860. The minimum atomic E-state index is 0.744. The second-order valence-electron chi connectivity index (χ2n) is 4.98. The third-order valence-corrected chi connectivity index (χ3v) is 3.85. The number of aryl methyl sites for hydroxylation is 2. The predicted octanol–water partition coefficient (Wildman–Crippen LogP) is 3.38. The summed E-state index contributed by atoms with van der Waals surface area (Å²) >= 11 is 6.34. The van der Waals surface area contributed by atoms with Gasteiger partial charge in [-0.15, -0.1) is 0 Å². The van der Waals surface area contributed by atoms with Crippen LogP contribution in [0, 0.1) is 6.92 Å². The number of rotatable bonds is 5. The number of benzene rings is 1. The Hall–Kier alpha value is -1.68. The normalized spacial score (nSPS) is 10.8. The number of aromatic nitrogens is 2. The number of hydrogen-bond acceptors (Lipinski definition) is 3. The van der Waals surface area contributed by atoms with Crippen LogP contribution in [0.3, 0.4) is 0 Å². The molecule has 0 unspecified atom stereocenters. The molecule has 0 bridgehead atoms. The molecule has 0 atom stereocenters. The molecule has 0 saturated heterocycles. The molecule has 4 nitrogen and oxygen atoms in total.